The van der Waals surface area contributed by atoms with Crippen molar-refractivity contribution in [3.05, 3.63) is 89.0 Å². The Bertz CT molecular complexity index is 1090. The van der Waals surface area contributed by atoms with Crippen molar-refractivity contribution in [3.63, 3.8) is 0 Å². The van der Waals surface area contributed by atoms with E-state index in [1.54, 1.807) is 35.7 Å². The van der Waals surface area contributed by atoms with Gasteiger partial charge >= 0.3 is 5.97 Å². The fraction of sp³-hybridized carbons (Fsp3) is 0.167. The van der Waals surface area contributed by atoms with E-state index in [-0.39, 0.29) is 11.9 Å². The van der Waals surface area contributed by atoms with Gasteiger partial charge in [0.15, 0.2) is 0 Å². The number of ether oxygens (including phenoxy) is 1. The minimum atomic E-state index is -0.384. The standard InChI is InChI=1S/C24H21NO3S/c1-3-28-24(27)17-12-13-22-20(14-17)25(15-18-9-5-4-8-16(18)2)23(26)19-10-6-7-11-21(19)29-22/h4-14H,3,15H2,1-2H3. The summed E-state index contributed by atoms with van der Waals surface area (Å²) in [6, 6.07) is 21.1. The molecule has 0 unspecified atom stereocenters. The van der Waals surface area contributed by atoms with Gasteiger partial charge in [-0.25, -0.2) is 4.79 Å². The number of amides is 1. The highest BCUT2D eigenvalue weighted by Crippen LogP contribution is 2.42. The smallest absolute Gasteiger partial charge is 0.338 e. The zero-order valence-corrected chi connectivity index (χ0v) is 17.2. The van der Waals surface area contributed by atoms with Crippen LogP contribution in [0, 0.1) is 6.92 Å². The summed E-state index contributed by atoms with van der Waals surface area (Å²) in [4.78, 5) is 29.4. The summed E-state index contributed by atoms with van der Waals surface area (Å²) in [5.74, 6) is -0.457. The number of esters is 1. The molecule has 3 aromatic rings. The largest absolute Gasteiger partial charge is 0.462 e. The molecule has 4 nitrogen and oxygen atoms in total. The molecule has 0 aromatic heterocycles. The molecular formula is C24H21NO3S. The average molecular weight is 404 g/mol. The van der Waals surface area contributed by atoms with Gasteiger partial charge in [0, 0.05) is 9.79 Å². The van der Waals surface area contributed by atoms with Crippen LogP contribution < -0.4 is 4.90 Å². The molecular weight excluding hydrogens is 382 g/mol. The van der Waals surface area contributed by atoms with E-state index in [1.807, 2.05) is 61.5 Å². The Hall–Kier alpha value is -3.05. The first-order valence-corrected chi connectivity index (χ1v) is 10.3. The van der Waals surface area contributed by atoms with Gasteiger partial charge in [0.05, 0.1) is 30.0 Å². The molecule has 0 N–H and O–H groups in total. The maximum Gasteiger partial charge on any atom is 0.338 e. The molecule has 1 heterocycles. The lowest BCUT2D eigenvalue weighted by Gasteiger charge is -2.24. The van der Waals surface area contributed by atoms with Crippen LogP contribution in [0.5, 0.6) is 0 Å². The molecule has 0 spiro atoms. The fourth-order valence-corrected chi connectivity index (χ4v) is 4.44. The Labute approximate surface area is 174 Å². The van der Waals surface area contributed by atoms with Gasteiger partial charge in [0.25, 0.3) is 5.91 Å². The van der Waals surface area contributed by atoms with Crippen LogP contribution in [0.2, 0.25) is 0 Å². The van der Waals surface area contributed by atoms with E-state index in [9.17, 15) is 9.59 Å². The third-order valence-electron chi connectivity index (χ3n) is 4.93. The van der Waals surface area contributed by atoms with E-state index < -0.39 is 0 Å². The zero-order valence-electron chi connectivity index (χ0n) is 16.3. The second-order valence-corrected chi connectivity index (χ2v) is 7.90. The van der Waals surface area contributed by atoms with Gasteiger partial charge in [-0.3, -0.25) is 4.79 Å². The SMILES string of the molecule is CCOC(=O)c1ccc2c(c1)N(Cc1ccccc1C)C(=O)c1ccccc1S2. The number of rotatable bonds is 4. The van der Waals surface area contributed by atoms with Crippen molar-refractivity contribution in [2.75, 3.05) is 11.5 Å². The predicted molar refractivity (Wildman–Crippen MR) is 115 cm³/mol. The van der Waals surface area contributed by atoms with E-state index in [0.29, 0.717) is 24.3 Å². The van der Waals surface area contributed by atoms with Gasteiger partial charge < -0.3 is 9.64 Å². The van der Waals surface area contributed by atoms with Gasteiger partial charge in [-0.2, -0.15) is 0 Å². The number of carbonyl (C=O) groups is 2. The maximum absolute atomic E-state index is 13.5. The van der Waals surface area contributed by atoms with E-state index in [0.717, 1.165) is 26.6 Å². The highest BCUT2D eigenvalue weighted by molar-refractivity contribution is 7.99. The molecule has 29 heavy (non-hydrogen) atoms. The van der Waals surface area contributed by atoms with Gasteiger partial charge in [-0.1, -0.05) is 48.2 Å². The highest BCUT2D eigenvalue weighted by atomic mass is 32.2. The molecule has 0 aliphatic carbocycles. The lowest BCUT2D eigenvalue weighted by Crippen LogP contribution is -2.30. The fourth-order valence-electron chi connectivity index (χ4n) is 3.38. The molecule has 0 saturated carbocycles. The Balaban J connectivity index is 1.85. The Morgan fingerprint density at radius 2 is 1.76 bits per heavy atom. The number of hydrogen-bond donors (Lipinski definition) is 0. The second-order valence-electron chi connectivity index (χ2n) is 6.82. The zero-order chi connectivity index (χ0) is 20.4. The minimum absolute atomic E-state index is 0.0730. The number of aryl methyl sites for hydroxylation is 1. The molecule has 0 radical (unpaired) electrons. The molecule has 1 aliphatic heterocycles. The number of carbonyl (C=O) groups excluding carboxylic acids is 2. The van der Waals surface area contributed by atoms with Crippen molar-refractivity contribution < 1.29 is 14.3 Å². The molecule has 3 aromatic carbocycles. The third-order valence-corrected chi connectivity index (χ3v) is 6.07. The van der Waals surface area contributed by atoms with Crippen molar-refractivity contribution in [3.8, 4) is 0 Å². The normalized spacial score (nSPS) is 12.8. The lowest BCUT2D eigenvalue weighted by molar-refractivity contribution is 0.0526. The molecule has 0 saturated heterocycles. The molecule has 1 aliphatic rings. The van der Waals surface area contributed by atoms with Crippen molar-refractivity contribution in [1.82, 2.24) is 0 Å². The molecule has 146 valence electrons. The van der Waals surface area contributed by atoms with E-state index in [4.69, 9.17) is 4.74 Å². The first-order valence-electron chi connectivity index (χ1n) is 9.53. The Morgan fingerprint density at radius 1 is 1.00 bits per heavy atom. The summed E-state index contributed by atoms with van der Waals surface area (Å²) < 4.78 is 5.16. The molecule has 1 amide bonds. The lowest BCUT2D eigenvalue weighted by atomic mass is 10.1. The van der Waals surface area contributed by atoms with E-state index >= 15 is 0 Å². The van der Waals surface area contributed by atoms with Crippen molar-refractivity contribution >= 4 is 29.3 Å². The first kappa shape index (κ1) is 19.3. The van der Waals surface area contributed by atoms with Crippen LogP contribution >= 0.6 is 11.8 Å². The van der Waals surface area contributed by atoms with Crippen molar-refractivity contribution in [1.29, 1.82) is 0 Å². The summed E-state index contributed by atoms with van der Waals surface area (Å²) in [7, 11) is 0. The summed E-state index contributed by atoms with van der Waals surface area (Å²) in [6.07, 6.45) is 0. The van der Waals surface area contributed by atoms with Crippen LogP contribution in [0.25, 0.3) is 0 Å². The van der Waals surface area contributed by atoms with E-state index in [1.165, 1.54) is 0 Å². The third kappa shape index (κ3) is 3.78. The van der Waals surface area contributed by atoms with Crippen LogP contribution in [0.1, 0.15) is 38.8 Å². The molecule has 0 bridgehead atoms. The van der Waals surface area contributed by atoms with Gasteiger partial charge in [0.2, 0.25) is 0 Å². The maximum atomic E-state index is 13.5. The summed E-state index contributed by atoms with van der Waals surface area (Å²) in [5.41, 5.74) is 4.02. The van der Waals surface area contributed by atoms with Gasteiger partial charge in [0.1, 0.15) is 0 Å². The monoisotopic (exact) mass is 403 g/mol. The number of anilines is 1. The van der Waals surface area contributed by atoms with Crippen molar-refractivity contribution in [2.24, 2.45) is 0 Å². The number of benzene rings is 3. The highest BCUT2D eigenvalue weighted by Gasteiger charge is 2.28. The summed E-state index contributed by atoms with van der Waals surface area (Å²) in [5, 5.41) is 0. The Kier molecular flexibility index (Phi) is 5.41. The van der Waals surface area contributed by atoms with Gasteiger partial charge in [-0.15, -0.1) is 0 Å². The molecule has 0 fully saturated rings. The molecule has 4 rings (SSSR count). The van der Waals surface area contributed by atoms with Crippen LogP contribution in [-0.4, -0.2) is 18.5 Å². The van der Waals surface area contributed by atoms with Crippen LogP contribution in [0.3, 0.4) is 0 Å². The predicted octanol–water partition coefficient (Wildman–Crippen LogP) is 5.48. The van der Waals surface area contributed by atoms with Crippen LogP contribution in [0.4, 0.5) is 5.69 Å². The second kappa shape index (κ2) is 8.13. The molecule has 0 atom stereocenters. The quantitative estimate of drug-likeness (QED) is 0.541. The topological polar surface area (TPSA) is 46.6 Å². The average Bonchev–Trinajstić information content (AvgIpc) is 2.84. The first-order chi connectivity index (χ1) is 14.1. The van der Waals surface area contributed by atoms with Crippen molar-refractivity contribution in [2.45, 2.75) is 30.2 Å². The summed E-state index contributed by atoms with van der Waals surface area (Å²) >= 11 is 1.54. The van der Waals surface area contributed by atoms with Gasteiger partial charge in [-0.05, 0) is 55.3 Å². The number of nitrogens with zero attached hydrogens (tertiary/aromatic N) is 1. The van der Waals surface area contributed by atoms with Crippen LogP contribution in [-0.2, 0) is 11.3 Å². The Morgan fingerprint density at radius 3 is 2.55 bits per heavy atom. The summed E-state index contributed by atoms with van der Waals surface area (Å²) in [6.45, 7) is 4.56. The number of hydrogen-bond acceptors (Lipinski definition) is 4. The van der Waals surface area contributed by atoms with Crippen LogP contribution in [0.15, 0.2) is 76.5 Å². The molecule has 5 heteroatoms. The number of fused-ring (bicyclic) bond motifs is 2. The van der Waals surface area contributed by atoms with E-state index in [2.05, 4.69) is 0 Å². The minimum Gasteiger partial charge on any atom is -0.462 e.